The van der Waals surface area contributed by atoms with Crippen molar-refractivity contribution >= 4 is 12.6 Å². The summed E-state index contributed by atoms with van der Waals surface area (Å²) in [6.45, 7) is 16.6. The molecule has 132 valence electrons. The Bertz CT molecular complexity index is 603. The van der Waals surface area contributed by atoms with Gasteiger partial charge in [0, 0.05) is 17.1 Å². The van der Waals surface area contributed by atoms with Crippen molar-refractivity contribution in [3.63, 3.8) is 0 Å². The number of carbonyl (C=O) groups excluding carboxylic acids is 2. The van der Waals surface area contributed by atoms with Crippen LogP contribution >= 0.6 is 0 Å². The maximum atomic E-state index is 10.6. The van der Waals surface area contributed by atoms with Crippen molar-refractivity contribution in [2.24, 2.45) is 0 Å². The number of aldehydes is 2. The predicted octanol–water partition coefficient (Wildman–Crippen LogP) is 4.90. The molecule has 0 radical (unpaired) electrons. The van der Waals surface area contributed by atoms with Crippen LogP contribution in [0.15, 0.2) is 0 Å². The quantitative estimate of drug-likeness (QED) is 0.437. The van der Waals surface area contributed by atoms with Crippen LogP contribution in [0.2, 0.25) is 0 Å². The average Bonchev–Trinajstić information content (AvgIpc) is 2.83. The molecule has 0 aliphatic carbocycles. The van der Waals surface area contributed by atoms with Crippen LogP contribution < -0.4 is 0 Å². The summed E-state index contributed by atoms with van der Waals surface area (Å²) in [5, 5.41) is 0. The van der Waals surface area contributed by atoms with Crippen LogP contribution in [-0.4, -0.2) is 12.6 Å². The van der Waals surface area contributed by atoms with Crippen molar-refractivity contribution in [3.05, 3.63) is 55.6 Å². The number of hydrogen-bond acceptors (Lipinski definition) is 2. The minimum Gasteiger partial charge on any atom is -0.710 e. The third kappa shape index (κ3) is 3.91. The Balaban J connectivity index is 0.000000409. The molecule has 0 bridgehead atoms. The van der Waals surface area contributed by atoms with E-state index in [2.05, 4.69) is 34.6 Å². The van der Waals surface area contributed by atoms with E-state index >= 15 is 0 Å². The molecule has 0 heterocycles. The normalized spacial score (nSPS) is 9.74. The Kier molecular flexibility index (Phi) is 7.89. The molecule has 2 aromatic carbocycles. The molecule has 2 rings (SSSR count). The molecule has 0 spiro atoms. The topological polar surface area (TPSA) is 34.1 Å². The van der Waals surface area contributed by atoms with E-state index in [1.54, 1.807) is 0 Å². The zero-order valence-electron chi connectivity index (χ0n) is 15.3. The van der Waals surface area contributed by atoms with Gasteiger partial charge in [-0.3, -0.25) is 6.29 Å². The molecule has 0 saturated heterocycles. The second-order valence-corrected chi connectivity index (χ2v) is 6.06. The van der Waals surface area contributed by atoms with Gasteiger partial charge in [-0.1, -0.05) is 34.6 Å². The van der Waals surface area contributed by atoms with Crippen molar-refractivity contribution in [1.82, 2.24) is 0 Å². The molecule has 0 aliphatic heterocycles. The van der Waals surface area contributed by atoms with Crippen molar-refractivity contribution in [3.8, 4) is 0 Å². The van der Waals surface area contributed by atoms with Gasteiger partial charge in [-0.25, -0.2) is 6.92 Å². The molecular formula is C20H26FeO2-6. The Morgan fingerprint density at radius 2 is 0.957 bits per heavy atom. The van der Waals surface area contributed by atoms with Gasteiger partial charge in [0.05, 0.1) is 0 Å². The maximum absolute atomic E-state index is 10.6. The van der Waals surface area contributed by atoms with Gasteiger partial charge in [-0.05, 0) is 6.29 Å². The summed E-state index contributed by atoms with van der Waals surface area (Å²) in [6, 6.07) is 0. The Hall–Kier alpha value is -1.44. The first-order valence-corrected chi connectivity index (χ1v) is 7.55. The molecule has 0 saturated carbocycles. The van der Waals surface area contributed by atoms with E-state index in [-0.39, 0.29) is 17.1 Å². The second kappa shape index (κ2) is 8.42. The Morgan fingerprint density at radius 1 is 0.652 bits per heavy atom. The minimum absolute atomic E-state index is 0. The SMILES string of the molecule is C[c-]1[c-](C)[c-](C=O)[c-](C=O)[c-]1C.Cc1c(C)c(C)[c-](C)c1C.[Fe]. The maximum Gasteiger partial charge on any atom is 0 e. The molecule has 0 fully saturated rings. The molecule has 3 heteroatoms. The molecule has 0 unspecified atom stereocenters. The van der Waals surface area contributed by atoms with E-state index in [0.29, 0.717) is 11.1 Å². The van der Waals surface area contributed by atoms with Gasteiger partial charge in [-0.2, -0.15) is 41.7 Å². The van der Waals surface area contributed by atoms with Gasteiger partial charge in [0.1, 0.15) is 0 Å². The standard InChI is InChI=1S/C10H11O2.C10H15.Fe/c1-6-7(2)9(4-11)10(5-12)8(6)3;1-6-7(2)9(4)10(5)8(6)3;/h4-5H,1-3H3;1-5H3;/q-5;-1;. The van der Waals surface area contributed by atoms with E-state index < -0.39 is 0 Å². The summed E-state index contributed by atoms with van der Waals surface area (Å²) >= 11 is 0. The van der Waals surface area contributed by atoms with Crippen molar-refractivity contribution < 1.29 is 26.7 Å². The largest absolute Gasteiger partial charge is 0.710 e. The smallest absolute Gasteiger partial charge is 0 e. The molecule has 0 N–H and O–H groups in total. The molecule has 0 aliphatic rings. The van der Waals surface area contributed by atoms with Crippen LogP contribution in [0, 0.1) is 55.4 Å². The van der Waals surface area contributed by atoms with Crippen molar-refractivity contribution in [2.75, 3.05) is 0 Å². The summed E-state index contributed by atoms with van der Waals surface area (Å²) < 4.78 is 0. The van der Waals surface area contributed by atoms with Crippen LogP contribution in [0.4, 0.5) is 0 Å². The van der Waals surface area contributed by atoms with Crippen LogP contribution in [0.1, 0.15) is 65.2 Å². The first-order chi connectivity index (χ1) is 10.2. The molecule has 2 aromatic rings. The van der Waals surface area contributed by atoms with Crippen molar-refractivity contribution in [2.45, 2.75) is 55.4 Å². The van der Waals surface area contributed by atoms with Gasteiger partial charge in [0.2, 0.25) is 0 Å². The van der Waals surface area contributed by atoms with Crippen LogP contribution in [0.5, 0.6) is 0 Å². The fourth-order valence-corrected chi connectivity index (χ4v) is 2.80. The first kappa shape index (κ1) is 21.6. The molecule has 23 heavy (non-hydrogen) atoms. The fourth-order valence-electron chi connectivity index (χ4n) is 2.80. The van der Waals surface area contributed by atoms with Gasteiger partial charge >= 0.3 is 0 Å². The van der Waals surface area contributed by atoms with Gasteiger partial charge < -0.3 is 37.4 Å². The fraction of sp³-hybridized carbons (Fsp3) is 0.400. The zero-order chi connectivity index (χ0) is 17.2. The first-order valence-electron chi connectivity index (χ1n) is 7.55. The van der Waals surface area contributed by atoms with Crippen molar-refractivity contribution in [1.29, 1.82) is 0 Å². The molecule has 0 aromatic heterocycles. The van der Waals surface area contributed by atoms with Crippen LogP contribution in [0.25, 0.3) is 0 Å². The predicted molar refractivity (Wildman–Crippen MR) is 92.7 cm³/mol. The second-order valence-electron chi connectivity index (χ2n) is 6.06. The van der Waals surface area contributed by atoms with E-state index in [9.17, 15) is 9.59 Å². The van der Waals surface area contributed by atoms with Crippen LogP contribution in [-0.2, 0) is 17.1 Å². The van der Waals surface area contributed by atoms with E-state index in [4.69, 9.17) is 0 Å². The molecular weight excluding hydrogens is 328 g/mol. The molecule has 0 atom stereocenters. The third-order valence-electron chi connectivity index (χ3n) is 5.27. The monoisotopic (exact) mass is 354 g/mol. The summed E-state index contributed by atoms with van der Waals surface area (Å²) in [4.78, 5) is 21.2. The summed E-state index contributed by atoms with van der Waals surface area (Å²) in [5.41, 5.74) is 11.3. The zero-order valence-corrected chi connectivity index (χ0v) is 16.4. The Labute approximate surface area is 150 Å². The third-order valence-corrected chi connectivity index (χ3v) is 5.27. The van der Waals surface area contributed by atoms with E-state index in [0.717, 1.165) is 29.3 Å². The summed E-state index contributed by atoms with van der Waals surface area (Å²) in [7, 11) is 0. The Morgan fingerprint density at radius 3 is 1.13 bits per heavy atom. The molecule has 2 nitrogen and oxygen atoms in total. The van der Waals surface area contributed by atoms with Gasteiger partial charge in [0.25, 0.3) is 0 Å². The van der Waals surface area contributed by atoms with Gasteiger partial charge in [0.15, 0.2) is 0 Å². The van der Waals surface area contributed by atoms with E-state index in [1.807, 2.05) is 20.8 Å². The van der Waals surface area contributed by atoms with Gasteiger partial charge in [-0.15, -0.1) is 0 Å². The number of rotatable bonds is 2. The minimum atomic E-state index is 0. The summed E-state index contributed by atoms with van der Waals surface area (Å²) in [6.07, 6.45) is 1.50. The molecule has 0 amide bonds. The summed E-state index contributed by atoms with van der Waals surface area (Å²) in [5.74, 6) is 0. The average molecular weight is 354 g/mol. The van der Waals surface area contributed by atoms with Crippen LogP contribution in [0.3, 0.4) is 0 Å². The number of carbonyl (C=O) groups is 2. The number of hydrogen-bond donors (Lipinski definition) is 0. The van der Waals surface area contributed by atoms with E-state index in [1.165, 1.54) is 27.8 Å².